The minimum Gasteiger partial charge on any atom is -0.371 e. The van der Waals surface area contributed by atoms with E-state index < -0.39 is 0 Å². The molecule has 2 heterocycles. The van der Waals surface area contributed by atoms with Gasteiger partial charge in [0.15, 0.2) is 0 Å². The molecule has 0 amide bonds. The van der Waals surface area contributed by atoms with Crippen molar-refractivity contribution in [2.75, 3.05) is 18.0 Å². The first-order valence-electron chi connectivity index (χ1n) is 9.29. The van der Waals surface area contributed by atoms with Crippen molar-refractivity contribution < 1.29 is 4.39 Å². The first-order chi connectivity index (χ1) is 12.7. The Labute approximate surface area is 166 Å². The quantitative estimate of drug-likeness (QED) is 0.531. The number of pyridine rings is 1. The molecule has 0 saturated carbocycles. The van der Waals surface area contributed by atoms with Crippen LogP contribution in [0.1, 0.15) is 36.1 Å². The van der Waals surface area contributed by atoms with Crippen LogP contribution in [-0.2, 0) is 0 Å². The van der Waals surface area contributed by atoms with E-state index in [1.165, 1.54) is 36.6 Å². The van der Waals surface area contributed by atoms with E-state index >= 15 is 0 Å². The van der Waals surface area contributed by atoms with Crippen molar-refractivity contribution in [3.05, 3.63) is 71.3 Å². The van der Waals surface area contributed by atoms with Gasteiger partial charge in [-0.25, -0.2) is 4.39 Å². The third-order valence-electron chi connectivity index (χ3n) is 5.13. The van der Waals surface area contributed by atoms with Crippen molar-refractivity contribution >= 4 is 41.0 Å². The van der Waals surface area contributed by atoms with Crippen molar-refractivity contribution in [2.45, 2.75) is 26.2 Å². The molecular formula is C23H24ClFN2. The Bertz CT molecular complexity index is 962. The van der Waals surface area contributed by atoms with Gasteiger partial charge in [0.05, 0.1) is 5.69 Å². The zero-order valence-electron chi connectivity index (χ0n) is 15.5. The summed E-state index contributed by atoms with van der Waals surface area (Å²) in [6, 6.07) is 13.1. The SMILES string of the molecule is Cc1cnc(/C=C\c2ccc(F)c3ccccc23)cc1N1CCCCC1.Cl. The van der Waals surface area contributed by atoms with E-state index in [0.29, 0.717) is 5.39 Å². The highest BCUT2D eigenvalue weighted by atomic mass is 35.5. The molecule has 0 N–H and O–H groups in total. The van der Waals surface area contributed by atoms with E-state index in [1.807, 2.05) is 48.7 Å². The van der Waals surface area contributed by atoms with Crippen LogP contribution in [0.15, 0.2) is 48.7 Å². The molecule has 1 saturated heterocycles. The van der Waals surface area contributed by atoms with Gasteiger partial charge in [0, 0.05) is 30.4 Å². The molecule has 4 heteroatoms. The highest BCUT2D eigenvalue weighted by molar-refractivity contribution is 5.93. The zero-order valence-corrected chi connectivity index (χ0v) is 16.3. The van der Waals surface area contributed by atoms with E-state index in [2.05, 4.69) is 22.9 Å². The lowest BCUT2D eigenvalue weighted by atomic mass is 10.0. The summed E-state index contributed by atoms with van der Waals surface area (Å²) in [5.41, 5.74) is 4.44. The number of hydrogen-bond acceptors (Lipinski definition) is 2. The molecule has 1 fully saturated rings. The number of benzene rings is 2. The van der Waals surface area contributed by atoms with Crippen LogP contribution in [0.25, 0.3) is 22.9 Å². The van der Waals surface area contributed by atoms with Crippen molar-refractivity contribution in [1.82, 2.24) is 4.98 Å². The Hall–Kier alpha value is -2.39. The Balaban J connectivity index is 0.00000210. The predicted octanol–water partition coefficient (Wildman–Crippen LogP) is 6.26. The maximum Gasteiger partial charge on any atom is 0.131 e. The number of fused-ring (bicyclic) bond motifs is 1. The topological polar surface area (TPSA) is 16.1 Å². The molecule has 0 radical (unpaired) electrons. The summed E-state index contributed by atoms with van der Waals surface area (Å²) in [6.07, 6.45) is 9.84. The third kappa shape index (κ3) is 4.14. The number of rotatable bonds is 3. The van der Waals surface area contributed by atoms with Gasteiger partial charge >= 0.3 is 0 Å². The summed E-state index contributed by atoms with van der Waals surface area (Å²) >= 11 is 0. The second kappa shape index (κ2) is 8.53. The van der Waals surface area contributed by atoms with E-state index in [1.54, 1.807) is 0 Å². The number of piperidine rings is 1. The molecular weight excluding hydrogens is 359 g/mol. The number of aryl methyl sites for hydroxylation is 1. The number of nitrogens with zero attached hydrogens (tertiary/aromatic N) is 2. The summed E-state index contributed by atoms with van der Waals surface area (Å²) in [6.45, 7) is 4.37. The molecule has 4 rings (SSSR count). The molecule has 1 aromatic heterocycles. The number of anilines is 1. The lowest BCUT2D eigenvalue weighted by Crippen LogP contribution is -2.30. The van der Waals surface area contributed by atoms with Crippen molar-refractivity contribution in [3.63, 3.8) is 0 Å². The average Bonchev–Trinajstić information content (AvgIpc) is 2.69. The molecule has 3 aromatic rings. The molecule has 0 bridgehead atoms. The van der Waals surface area contributed by atoms with Crippen LogP contribution in [0, 0.1) is 12.7 Å². The Morgan fingerprint density at radius 2 is 1.70 bits per heavy atom. The molecule has 1 aliphatic heterocycles. The van der Waals surface area contributed by atoms with Gasteiger partial charge in [-0.1, -0.05) is 36.4 Å². The van der Waals surface area contributed by atoms with Gasteiger partial charge < -0.3 is 4.90 Å². The van der Waals surface area contributed by atoms with Crippen LogP contribution in [0.2, 0.25) is 0 Å². The van der Waals surface area contributed by atoms with Crippen LogP contribution in [0.5, 0.6) is 0 Å². The molecule has 140 valence electrons. The second-order valence-corrected chi connectivity index (χ2v) is 6.96. The zero-order chi connectivity index (χ0) is 17.9. The molecule has 2 aromatic carbocycles. The highest BCUT2D eigenvalue weighted by Crippen LogP contribution is 2.26. The Morgan fingerprint density at radius 1 is 0.963 bits per heavy atom. The molecule has 0 unspecified atom stereocenters. The summed E-state index contributed by atoms with van der Waals surface area (Å²) in [5, 5.41) is 1.58. The van der Waals surface area contributed by atoms with Gasteiger partial charge in [0.2, 0.25) is 0 Å². The lowest BCUT2D eigenvalue weighted by molar-refractivity contribution is 0.577. The van der Waals surface area contributed by atoms with Crippen LogP contribution < -0.4 is 4.90 Å². The summed E-state index contributed by atoms with van der Waals surface area (Å²) in [7, 11) is 0. The summed E-state index contributed by atoms with van der Waals surface area (Å²) < 4.78 is 14.0. The summed E-state index contributed by atoms with van der Waals surface area (Å²) in [5.74, 6) is -0.182. The predicted molar refractivity (Wildman–Crippen MR) is 115 cm³/mol. The minimum absolute atomic E-state index is 0. The van der Waals surface area contributed by atoms with E-state index in [0.717, 1.165) is 29.7 Å². The minimum atomic E-state index is -0.182. The normalized spacial score (nSPS) is 14.5. The van der Waals surface area contributed by atoms with Crippen molar-refractivity contribution in [3.8, 4) is 0 Å². The van der Waals surface area contributed by atoms with Crippen molar-refractivity contribution in [1.29, 1.82) is 0 Å². The maximum atomic E-state index is 14.0. The number of aromatic nitrogens is 1. The van der Waals surface area contributed by atoms with Gasteiger partial charge in [-0.2, -0.15) is 0 Å². The second-order valence-electron chi connectivity index (χ2n) is 6.96. The van der Waals surface area contributed by atoms with Crippen molar-refractivity contribution in [2.24, 2.45) is 0 Å². The monoisotopic (exact) mass is 382 g/mol. The van der Waals surface area contributed by atoms with Gasteiger partial charge in [-0.3, -0.25) is 4.98 Å². The van der Waals surface area contributed by atoms with Crippen LogP contribution >= 0.6 is 12.4 Å². The third-order valence-corrected chi connectivity index (χ3v) is 5.13. The number of hydrogen-bond donors (Lipinski definition) is 0. The fraction of sp³-hybridized carbons (Fsp3) is 0.261. The molecule has 2 nitrogen and oxygen atoms in total. The first kappa shape index (κ1) is 19.4. The lowest BCUT2D eigenvalue weighted by Gasteiger charge is -2.30. The standard InChI is InChI=1S/C23H23FN2.ClH/c1-17-16-25-19(15-23(17)26-13-5-2-6-14-26)11-9-18-10-12-22(24)21-8-4-3-7-20(18)21;/h3-4,7-12,15-16H,2,5-6,13-14H2,1H3;1H/b11-9-;. The smallest absolute Gasteiger partial charge is 0.131 e. The molecule has 1 aliphatic rings. The molecule has 0 spiro atoms. The van der Waals surface area contributed by atoms with Gasteiger partial charge in [-0.15, -0.1) is 12.4 Å². The molecule has 27 heavy (non-hydrogen) atoms. The Morgan fingerprint density at radius 3 is 2.48 bits per heavy atom. The fourth-order valence-corrected chi connectivity index (χ4v) is 3.70. The Kier molecular flexibility index (Phi) is 6.12. The largest absolute Gasteiger partial charge is 0.371 e. The van der Waals surface area contributed by atoms with E-state index in [4.69, 9.17) is 0 Å². The molecule has 0 atom stereocenters. The van der Waals surface area contributed by atoms with Gasteiger partial charge in [0.25, 0.3) is 0 Å². The number of halogens is 2. The average molecular weight is 383 g/mol. The van der Waals surface area contributed by atoms with Crippen LogP contribution in [0.4, 0.5) is 10.1 Å². The highest BCUT2D eigenvalue weighted by Gasteiger charge is 2.13. The van der Waals surface area contributed by atoms with Crippen LogP contribution in [-0.4, -0.2) is 18.1 Å². The first-order valence-corrected chi connectivity index (χ1v) is 9.29. The van der Waals surface area contributed by atoms with E-state index in [9.17, 15) is 4.39 Å². The molecule has 0 aliphatic carbocycles. The van der Waals surface area contributed by atoms with Gasteiger partial charge in [0.1, 0.15) is 5.82 Å². The van der Waals surface area contributed by atoms with E-state index in [-0.39, 0.29) is 18.2 Å². The van der Waals surface area contributed by atoms with Crippen LogP contribution in [0.3, 0.4) is 0 Å². The maximum absolute atomic E-state index is 14.0. The van der Waals surface area contributed by atoms with Gasteiger partial charge in [-0.05, 0) is 60.9 Å². The summed E-state index contributed by atoms with van der Waals surface area (Å²) in [4.78, 5) is 7.02. The fourth-order valence-electron chi connectivity index (χ4n) is 3.70.